The number of nitrogens with zero attached hydrogens (tertiary/aromatic N) is 3. The third-order valence-electron chi connectivity index (χ3n) is 3.05. The zero-order chi connectivity index (χ0) is 14.4. The zero-order valence-corrected chi connectivity index (χ0v) is 12.4. The molecule has 0 saturated heterocycles. The number of ether oxygens (including phenoxy) is 1. The Labute approximate surface area is 120 Å². The first kappa shape index (κ1) is 14.5. The molecule has 0 aliphatic heterocycles. The molecule has 20 heavy (non-hydrogen) atoms. The van der Waals surface area contributed by atoms with Gasteiger partial charge in [0.25, 0.3) is 0 Å². The number of para-hydroxylation sites is 1. The van der Waals surface area contributed by atoms with E-state index in [1.54, 1.807) is 0 Å². The lowest BCUT2D eigenvalue weighted by Gasteiger charge is -2.20. The fourth-order valence-corrected chi connectivity index (χ4v) is 2.04. The number of aromatic nitrogens is 2. The van der Waals surface area contributed by atoms with Crippen LogP contribution in [0.1, 0.15) is 13.8 Å². The molecule has 5 nitrogen and oxygen atoms in total. The quantitative estimate of drug-likeness (QED) is 0.786. The Balaban J connectivity index is 2.33. The van der Waals surface area contributed by atoms with Crippen molar-refractivity contribution in [1.29, 1.82) is 0 Å². The summed E-state index contributed by atoms with van der Waals surface area (Å²) >= 11 is 0. The Kier molecular flexibility index (Phi) is 5.12. The van der Waals surface area contributed by atoms with E-state index in [0.29, 0.717) is 12.6 Å². The summed E-state index contributed by atoms with van der Waals surface area (Å²) in [6, 6.07) is 8.07. The van der Waals surface area contributed by atoms with Gasteiger partial charge < -0.3 is 15.0 Å². The summed E-state index contributed by atoms with van der Waals surface area (Å²) in [5, 5.41) is 4.25. The van der Waals surface area contributed by atoms with Gasteiger partial charge in [-0.1, -0.05) is 12.1 Å². The summed E-state index contributed by atoms with van der Waals surface area (Å²) in [5.74, 6) is 1.61. The fourth-order valence-electron chi connectivity index (χ4n) is 2.04. The highest BCUT2D eigenvalue weighted by molar-refractivity contribution is 5.90. The van der Waals surface area contributed by atoms with E-state index in [-0.39, 0.29) is 0 Å². The van der Waals surface area contributed by atoms with Crippen molar-refractivity contribution in [3.8, 4) is 0 Å². The fraction of sp³-hybridized carbons (Fsp3) is 0.467. The lowest BCUT2D eigenvalue weighted by Crippen LogP contribution is -2.24. The normalized spacial score (nSPS) is 10.8. The van der Waals surface area contributed by atoms with Crippen LogP contribution in [0.25, 0.3) is 10.9 Å². The van der Waals surface area contributed by atoms with Crippen LogP contribution in [0.3, 0.4) is 0 Å². The number of fused-ring (bicyclic) bond motifs is 1. The van der Waals surface area contributed by atoms with Crippen molar-refractivity contribution in [2.24, 2.45) is 0 Å². The highest BCUT2D eigenvalue weighted by Gasteiger charge is 2.10. The van der Waals surface area contributed by atoms with Gasteiger partial charge in [0, 0.05) is 32.1 Å². The third kappa shape index (κ3) is 3.36. The first-order valence-corrected chi connectivity index (χ1v) is 7.05. The van der Waals surface area contributed by atoms with Crippen molar-refractivity contribution in [1.82, 2.24) is 9.97 Å². The molecule has 1 aromatic heterocycles. The lowest BCUT2D eigenvalue weighted by molar-refractivity contribution is 0.154. The van der Waals surface area contributed by atoms with Crippen molar-refractivity contribution < 1.29 is 4.74 Å². The van der Waals surface area contributed by atoms with Crippen molar-refractivity contribution in [3.63, 3.8) is 0 Å². The Hall–Kier alpha value is -1.88. The molecule has 0 saturated carbocycles. The predicted octanol–water partition coefficient (Wildman–Crippen LogP) is 2.53. The molecule has 1 heterocycles. The molecule has 2 rings (SSSR count). The molecule has 5 heteroatoms. The molecular weight excluding hydrogens is 252 g/mol. The smallest absolute Gasteiger partial charge is 0.225 e. The summed E-state index contributed by atoms with van der Waals surface area (Å²) in [6.07, 6.45) is 0. The highest BCUT2D eigenvalue weighted by Crippen LogP contribution is 2.24. The second kappa shape index (κ2) is 7.05. The van der Waals surface area contributed by atoms with Gasteiger partial charge in [-0.15, -0.1) is 0 Å². The van der Waals surface area contributed by atoms with Gasteiger partial charge in [-0.25, -0.2) is 4.98 Å². The van der Waals surface area contributed by atoms with Crippen LogP contribution < -0.4 is 10.2 Å². The van der Waals surface area contributed by atoms with Gasteiger partial charge in [-0.05, 0) is 26.0 Å². The summed E-state index contributed by atoms with van der Waals surface area (Å²) in [6.45, 7) is 7.09. The third-order valence-corrected chi connectivity index (χ3v) is 3.05. The molecule has 0 amide bonds. The van der Waals surface area contributed by atoms with Crippen LogP contribution in [-0.2, 0) is 4.74 Å². The van der Waals surface area contributed by atoms with Gasteiger partial charge >= 0.3 is 0 Å². The second-order valence-electron chi connectivity index (χ2n) is 4.54. The van der Waals surface area contributed by atoms with Crippen molar-refractivity contribution in [2.75, 3.05) is 43.6 Å². The Morgan fingerprint density at radius 1 is 1.20 bits per heavy atom. The number of anilines is 2. The summed E-state index contributed by atoms with van der Waals surface area (Å²) < 4.78 is 5.41. The average molecular weight is 274 g/mol. The number of rotatable bonds is 7. The van der Waals surface area contributed by atoms with E-state index >= 15 is 0 Å². The van der Waals surface area contributed by atoms with Crippen molar-refractivity contribution in [2.45, 2.75) is 13.8 Å². The predicted molar refractivity (Wildman–Crippen MR) is 83.5 cm³/mol. The van der Waals surface area contributed by atoms with Crippen molar-refractivity contribution in [3.05, 3.63) is 24.3 Å². The largest absolute Gasteiger partial charge is 0.380 e. The summed E-state index contributed by atoms with van der Waals surface area (Å²) in [7, 11) is 2.03. The van der Waals surface area contributed by atoms with E-state index in [1.165, 1.54) is 0 Å². The number of hydrogen-bond donors (Lipinski definition) is 1. The van der Waals surface area contributed by atoms with E-state index in [9.17, 15) is 0 Å². The minimum atomic E-state index is 0.671. The van der Waals surface area contributed by atoms with E-state index in [1.807, 2.05) is 39.1 Å². The van der Waals surface area contributed by atoms with E-state index in [0.717, 1.165) is 36.4 Å². The SMILES string of the molecule is CCNc1nc(N(C)CCOCC)c2ccccc2n1. The van der Waals surface area contributed by atoms with E-state index < -0.39 is 0 Å². The topological polar surface area (TPSA) is 50.3 Å². The van der Waals surface area contributed by atoms with Gasteiger partial charge in [-0.3, -0.25) is 0 Å². The maximum Gasteiger partial charge on any atom is 0.225 e. The van der Waals surface area contributed by atoms with Crippen LogP contribution >= 0.6 is 0 Å². The Morgan fingerprint density at radius 2 is 2.00 bits per heavy atom. The molecular formula is C15H22N4O. The van der Waals surface area contributed by atoms with Gasteiger partial charge in [0.05, 0.1) is 12.1 Å². The average Bonchev–Trinajstić information content (AvgIpc) is 2.47. The van der Waals surface area contributed by atoms with E-state index in [4.69, 9.17) is 4.74 Å². The molecule has 2 aromatic rings. The van der Waals surface area contributed by atoms with Crippen LogP contribution in [0.2, 0.25) is 0 Å². The molecule has 1 N–H and O–H groups in total. The molecule has 0 aliphatic rings. The highest BCUT2D eigenvalue weighted by atomic mass is 16.5. The molecule has 0 fully saturated rings. The van der Waals surface area contributed by atoms with Crippen LogP contribution in [0.4, 0.5) is 11.8 Å². The molecule has 0 spiro atoms. The molecule has 0 radical (unpaired) electrons. The molecule has 0 aliphatic carbocycles. The maximum atomic E-state index is 5.41. The second-order valence-corrected chi connectivity index (χ2v) is 4.54. The molecule has 0 unspecified atom stereocenters. The molecule has 0 atom stereocenters. The number of hydrogen-bond acceptors (Lipinski definition) is 5. The molecule has 108 valence electrons. The first-order valence-electron chi connectivity index (χ1n) is 7.05. The van der Waals surface area contributed by atoms with Gasteiger partial charge in [-0.2, -0.15) is 4.98 Å². The van der Waals surface area contributed by atoms with Crippen LogP contribution in [0.5, 0.6) is 0 Å². The number of nitrogens with one attached hydrogen (secondary N) is 1. The van der Waals surface area contributed by atoms with Crippen LogP contribution in [0, 0.1) is 0 Å². The summed E-state index contributed by atoms with van der Waals surface area (Å²) in [4.78, 5) is 11.3. The zero-order valence-electron chi connectivity index (χ0n) is 12.4. The molecule has 1 aromatic carbocycles. The molecule has 0 bridgehead atoms. The van der Waals surface area contributed by atoms with Crippen molar-refractivity contribution >= 4 is 22.7 Å². The monoisotopic (exact) mass is 274 g/mol. The van der Waals surface area contributed by atoms with Gasteiger partial charge in [0.2, 0.25) is 5.95 Å². The summed E-state index contributed by atoms with van der Waals surface area (Å²) in [5.41, 5.74) is 0.955. The number of benzene rings is 1. The minimum Gasteiger partial charge on any atom is -0.380 e. The Bertz CT molecular complexity index is 559. The Morgan fingerprint density at radius 3 is 2.75 bits per heavy atom. The van der Waals surface area contributed by atoms with Gasteiger partial charge in [0.15, 0.2) is 0 Å². The lowest BCUT2D eigenvalue weighted by atomic mass is 10.2. The minimum absolute atomic E-state index is 0.671. The standard InChI is InChI=1S/C15H22N4O/c1-4-16-15-17-13-9-7-6-8-12(13)14(18-15)19(3)10-11-20-5-2/h6-9H,4-5,10-11H2,1-3H3,(H,16,17,18). The van der Waals surface area contributed by atoms with E-state index in [2.05, 4.69) is 26.3 Å². The van der Waals surface area contributed by atoms with Crippen LogP contribution in [0.15, 0.2) is 24.3 Å². The van der Waals surface area contributed by atoms with Crippen LogP contribution in [-0.4, -0.2) is 43.3 Å². The maximum absolute atomic E-state index is 5.41. The first-order chi connectivity index (χ1) is 9.76. The van der Waals surface area contributed by atoms with Gasteiger partial charge in [0.1, 0.15) is 5.82 Å². The number of likely N-dealkylation sites (N-methyl/N-ethyl adjacent to an activating group) is 1.